The highest BCUT2D eigenvalue weighted by Gasteiger charge is 2.27. The van der Waals surface area contributed by atoms with Crippen molar-refractivity contribution >= 4 is 29.3 Å². The molecule has 28 heavy (non-hydrogen) atoms. The van der Waals surface area contributed by atoms with E-state index in [-0.39, 0.29) is 22.6 Å². The first-order chi connectivity index (χ1) is 13.2. The Balaban J connectivity index is 2.26. The summed E-state index contributed by atoms with van der Waals surface area (Å²) in [4.78, 5) is 24.6. The smallest absolute Gasteiger partial charge is 0.319 e. The van der Waals surface area contributed by atoms with E-state index in [2.05, 4.69) is 5.32 Å². The molecule has 0 bridgehead atoms. The Kier molecular flexibility index (Phi) is 7.57. The quantitative estimate of drug-likeness (QED) is 0.501. The van der Waals surface area contributed by atoms with Gasteiger partial charge in [0.1, 0.15) is 16.9 Å². The van der Waals surface area contributed by atoms with Crippen LogP contribution in [-0.4, -0.2) is 23.2 Å². The summed E-state index contributed by atoms with van der Waals surface area (Å²) in [5.41, 5.74) is 0.193. The molecule has 2 rings (SSSR count). The lowest BCUT2D eigenvalue weighted by atomic mass is 10.1. The molecule has 0 saturated carbocycles. The van der Waals surface area contributed by atoms with Crippen molar-refractivity contribution in [2.75, 3.05) is 5.32 Å². The summed E-state index contributed by atoms with van der Waals surface area (Å²) in [6, 6.07) is 10.2. The van der Waals surface area contributed by atoms with E-state index >= 15 is 0 Å². The average molecular weight is 407 g/mol. The summed E-state index contributed by atoms with van der Waals surface area (Å²) in [6.07, 6.45) is -0.298. The van der Waals surface area contributed by atoms with E-state index in [4.69, 9.17) is 4.74 Å². The zero-order valence-electron chi connectivity index (χ0n) is 16.2. The number of nitrogens with one attached hydrogen (secondary N) is 1. The van der Waals surface area contributed by atoms with Crippen molar-refractivity contribution in [1.82, 2.24) is 0 Å². The first-order valence-electron chi connectivity index (χ1n) is 8.91. The zero-order valence-corrected chi connectivity index (χ0v) is 17.0. The van der Waals surface area contributed by atoms with Crippen LogP contribution in [0, 0.1) is 17.6 Å². The summed E-state index contributed by atoms with van der Waals surface area (Å²) in [5, 5.41) is 1.78. The van der Waals surface area contributed by atoms with E-state index in [0.717, 1.165) is 11.8 Å². The molecule has 2 aromatic carbocycles. The van der Waals surface area contributed by atoms with Crippen LogP contribution in [0.3, 0.4) is 0 Å². The van der Waals surface area contributed by atoms with E-state index in [1.54, 1.807) is 44.2 Å². The predicted molar refractivity (Wildman–Crippen MR) is 106 cm³/mol. The average Bonchev–Trinajstić information content (AvgIpc) is 2.62. The van der Waals surface area contributed by atoms with Gasteiger partial charge in [0.25, 0.3) is 5.91 Å². The van der Waals surface area contributed by atoms with Crippen LogP contribution in [0.25, 0.3) is 0 Å². The van der Waals surface area contributed by atoms with Gasteiger partial charge in [0.15, 0.2) is 0 Å². The van der Waals surface area contributed by atoms with Crippen molar-refractivity contribution in [2.24, 2.45) is 5.92 Å². The molecule has 0 aromatic heterocycles. The number of carbonyl (C=O) groups excluding carboxylic acids is 2. The van der Waals surface area contributed by atoms with Gasteiger partial charge in [-0.3, -0.25) is 9.59 Å². The van der Waals surface area contributed by atoms with Crippen LogP contribution >= 0.6 is 11.8 Å². The van der Waals surface area contributed by atoms with Gasteiger partial charge in [-0.05, 0) is 38.0 Å². The number of rotatable bonds is 7. The van der Waals surface area contributed by atoms with Gasteiger partial charge in [-0.25, -0.2) is 8.78 Å². The van der Waals surface area contributed by atoms with Gasteiger partial charge < -0.3 is 10.1 Å². The van der Waals surface area contributed by atoms with Crippen molar-refractivity contribution < 1.29 is 23.1 Å². The Morgan fingerprint density at radius 1 is 1.00 bits per heavy atom. The lowest BCUT2D eigenvalue weighted by molar-refractivity contribution is -0.147. The van der Waals surface area contributed by atoms with Crippen LogP contribution in [0.1, 0.15) is 38.1 Å². The Bertz CT molecular complexity index is 841. The lowest BCUT2D eigenvalue weighted by Gasteiger charge is -2.21. The van der Waals surface area contributed by atoms with Crippen LogP contribution in [0.5, 0.6) is 0 Å². The molecule has 1 N–H and O–H groups in total. The molecule has 0 aliphatic carbocycles. The maximum Gasteiger partial charge on any atom is 0.319 e. The van der Waals surface area contributed by atoms with Crippen LogP contribution in [0.2, 0.25) is 0 Å². The number of anilines is 1. The van der Waals surface area contributed by atoms with E-state index < -0.39 is 28.8 Å². The molecule has 1 atom stereocenters. The first kappa shape index (κ1) is 21.9. The minimum absolute atomic E-state index is 0.0594. The van der Waals surface area contributed by atoms with Gasteiger partial charge in [-0.15, -0.1) is 11.8 Å². The molecule has 0 spiro atoms. The number of esters is 1. The number of amides is 1. The lowest BCUT2D eigenvalue weighted by Crippen LogP contribution is -2.28. The van der Waals surface area contributed by atoms with E-state index in [1.807, 2.05) is 13.8 Å². The van der Waals surface area contributed by atoms with Crippen LogP contribution in [-0.2, 0) is 9.53 Å². The third-order valence-electron chi connectivity index (χ3n) is 3.75. The fourth-order valence-electron chi connectivity index (χ4n) is 2.39. The molecule has 1 amide bonds. The monoisotopic (exact) mass is 407 g/mol. The minimum Gasteiger partial charge on any atom is -0.462 e. The Morgan fingerprint density at radius 3 is 2.21 bits per heavy atom. The maximum absolute atomic E-state index is 14.3. The van der Waals surface area contributed by atoms with Crippen molar-refractivity contribution in [2.45, 2.75) is 43.9 Å². The third kappa shape index (κ3) is 5.79. The maximum atomic E-state index is 14.3. The predicted octanol–water partition coefficient (Wildman–Crippen LogP) is 5.29. The molecule has 0 heterocycles. The van der Waals surface area contributed by atoms with E-state index in [1.165, 1.54) is 6.07 Å². The van der Waals surface area contributed by atoms with Crippen molar-refractivity contribution in [3.05, 3.63) is 59.7 Å². The van der Waals surface area contributed by atoms with Crippen molar-refractivity contribution in [3.8, 4) is 0 Å². The number of hydrogen-bond donors (Lipinski definition) is 1. The fraction of sp³-hybridized carbons (Fsp3) is 0.333. The molecule has 7 heteroatoms. The molecule has 1 unspecified atom stereocenters. The summed E-state index contributed by atoms with van der Waals surface area (Å²) >= 11 is 0.952. The molecule has 0 fully saturated rings. The molecule has 2 aromatic rings. The molecule has 0 aliphatic rings. The summed E-state index contributed by atoms with van der Waals surface area (Å²) in [7, 11) is 0. The number of halogens is 2. The van der Waals surface area contributed by atoms with Gasteiger partial charge in [-0.2, -0.15) is 0 Å². The van der Waals surface area contributed by atoms with Crippen molar-refractivity contribution in [3.63, 3.8) is 0 Å². The number of ether oxygens (including phenoxy) is 1. The first-order valence-corrected chi connectivity index (χ1v) is 9.79. The largest absolute Gasteiger partial charge is 0.462 e. The SMILES string of the molecule is CC(C)OC(=O)C(Sc1cc(NC(=O)c2ccccc2)c(F)cc1F)C(C)C. The highest BCUT2D eigenvalue weighted by molar-refractivity contribution is 8.00. The fourth-order valence-corrected chi connectivity index (χ4v) is 3.45. The summed E-state index contributed by atoms with van der Waals surface area (Å²) in [6.45, 7) is 7.10. The third-order valence-corrected chi connectivity index (χ3v) is 5.31. The number of thioether (sulfide) groups is 1. The molecule has 0 aliphatic heterocycles. The zero-order chi connectivity index (χ0) is 20.8. The molecular formula is C21H23F2NO3S. The van der Waals surface area contributed by atoms with Crippen LogP contribution in [0.4, 0.5) is 14.5 Å². The van der Waals surface area contributed by atoms with Gasteiger partial charge in [0, 0.05) is 16.5 Å². The molecule has 4 nitrogen and oxygen atoms in total. The van der Waals surface area contributed by atoms with E-state index in [9.17, 15) is 18.4 Å². The Labute approximate surface area is 167 Å². The number of carbonyl (C=O) groups is 2. The number of benzene rings is 2. The van der Waals surface area contributed by atoms with E-state index in [0.29, 0.717) is 11.6 Å². The second kappa shape index (κ2) is 9.68. The van der Waals surface area contributed by atoms with Crippen LogP contribution < -0.4 is 5.32 Å². The summed E-state index contributed by atoms with van der Waals surface area (Å²) in [5.74, 6) is -2.81. The summed E-state index contributed by atoms with van der Waals surface area (Å²) < 4.78 is 33.7. The Morgan fingerprint density at radius 2 is 1.64 bits per heavy atom. The Hall–Kier alpha value is -2.41. The van der Waals surface area contributed by atoms with Gasteiger partial charge in [0.05, 0.1) is 11.8 Å². The topological polar surface area (TPSA) is 55.4 Å². The molecular weight excluding hydrogens is 384 g/mol. The highest BCUT2D eigenvalue weighted by atomic mass is 32.2. The van der Waals surface area contributed by atoms with Gasteiger partial charge >= 0.3 is 5.97 Å². The van der Waals surface area contributed by atoms with Gasteiger partial charge in [0.2, 0.25) is 0 Å². The second-order valence-electron chi connectivity index (χ2n) is 6.85. The highest BCUT2D eigenvalue weighted by Crippen LogP contribution is 2.34. The molecule has 0 saturated heterocycles. The normalized spacial score (nSPS) is 12.1. The van der Waals surface area contributed by atoms with Crippen LogP contribution in [0.15, 0.2) is 47.4 Å². The minimum atomic E-state index is -0.892. The van der Waals surface area contributed by atoms with Crippen molar-refractivity contribution in [1.29, 1.82) is 0 Å². The standard InChI is InChI=1S/C21H23F2NO3S/c1-12(2)19(21(26)27-13(3)4)28-18-11-17(15(22)10-16(18)23)24-20(25)14-8-6-5-7-9-14/h5-13,19H,1-4H3,(H,24,25). The second-order valence-corrected chi connectivity index (χ2v) is 8.03. The number of hydrogen-bond acceptors (Lipinski definition) is 4. The van der Waals surface area contributed by atoms with Gasteiger partial charge in [-0.1, -0.05) is 32.0 Å². The molecule has 150 valence electrons. The molecule has 0 radical (unpaired) electrons.